The van der Waals surface area contributed by atoms with Crippen LogP contribution in [0.25, 0.3) is 111 Å². The third kappa shape index (κ3) is 6.51. The number of hydrogen-bond acceptors (Lipinski definition) is 3. The molecule has 0 fully saturated rings. The molecule has 0 N–H and O–H groups in total. The molecule has 4 heterocycles. The molecule has 4 aromatic heterocycles. The van der Waals surface area contributed by atoms with E-state index in [0.717, 1.165) is 94.7 Å². The summed E-state index contributed by atoms with van der Waals surface area (Å²) in [6.45, 7) is 0. The largest absolute Gasteiger partial charge is 0.309 e. The molecule has 5 nitrogen and oxygen atoms in total. The first kappa shape index (κ1) is 38.7. The Bertz CT molecular complexity index is 3900. The highest BCUT2D eigenvalue weighted by Gasteiger charge is 2.23. The fourth-order valence-corrected chi connectivity index (χ4v) is 9.49. The molecule has 0 saturated heterocycles. The van der Waals surface area contributed by atoms with Crippen molar-refractivity contribution in [1.29, 1.82) is 5.26 Å². The van der Waals surface area contributed by atoms with E-state index in [4.69, 9.17) is 9.97 Å². The fourth-order valence-electron chi connectivity index (χ4n) is 9.49. The lowest BCUT2D eigenvalue weighted by atomic mass is 9.98. The Labute approximate surface area is 378 Å². The van der Waals surface area contributed by atoms with Crippen LogP contribution in [0.5, 0.6) is 0 Å². The summed E-state index contributed by atoms with van der Waals surface area (Å²) in [6.07, 6.45) is 0. The minimum absolute atomic E-state index is 0.330. The summed E-state index contributed by atoms with van der Waals surface area (Å²) in [5.41, 5.74) is 13.0. The van der Waals surface area contributed by atoms with Crippen molar-refractivity contribution in [3.8, 4) is 73.6 Å². The van der Waals surface area contributed by atoms with Gasteiger partial charge < -0.3 is 9.13 Å². The van der Waals surface area contributed by atoms with E-state index in [0.29, 0.717) is 28.1 Å². The van der Waals surface area contributed by atoms with Crippen molar-refractivity contribution < 1.29 is 8.78 Å². The third-order valence-electron chi connectivity index (χ3n) is 12.5. The highest BCUT2D eigenvalue weighted by molar-refractivity contribution is 6.12. The molecule has 0 amide bonds. The van der Waals surface area contributed by atoms with E-state index in [-0.39, 0.29) is 0 Å². The molecule has 0 bridgehead atoms. The Hall–Kier alpha value is -8.99. The van der Waals surface area contributed by atoms with Crippen molar-refractivity contribution in [1.82, 2.24) is 19.1 Å². The minimum atomic E-state index is -0.706. The Morgan fingerprint density at radius 3 is 1.29 bits per heavy atom. The maximum absolute atomic E-state index is 15.5. The number of para-hydroxylation sites is 2. The molecule has 0 radical (unpaired) electrons. The number of nitrogens with zero attached hydrogens (tertiary/aromatic N) is 5. The van der Waals surface area contributed by atoms with Crippen molar-refractivity contribution in [3.05, 3.63) is 230 Å². The fraction of sp³-hybridized carbons (Fsp3) is 0. The Morgan fingerprint density at radius 1 is 0.348 bits per heavy atom. The molecule has 0 saturated carbocycles. The van der Waals surface area contributed by atoms with E-state index in [1.54, 1.807) is 0 Å². The molecule has 0 atom stereocenters. The minimum Gasteiger partial charge on any atom is -0.309 e. The highest BCUT2D eigenvalue weighted by Crippen LogP contribution is 2.42. The van der Waals surface area contributed by atoms with E-state index in [9.17, 15) is 5.26 Å². The molecule has 0 unspecified atom stereocenters. The van der Waals surface area contributed by atoms with Gasteiger partial charge in [0.15, 0.2) is 0 Å². The first-order chi connectivity index (χ1) is 32.5. The zero-order valence-corrected chi connectivity index (χ0v) is 35.2. The second-order valence-corrected chi connectivity index (χ2v) is 16.4. The Balaban J connectivity index is 1.11. The van der Waals surface area contributed by atoms with Gasteiger partial charge in [-0.1, -0.05) is 133 Å². The number of benzene rings is 8. The first-order valence-corrected chi connectivity index (χ1v) is 21.7. The molecular formula is C59H35F2N5. The van der Waals surface area contributed by atoms with Gasteiger partial charge in [0.2, 0.25) is 0 Å². The third-order valence-corrected chi connectivity index (χ3v) is 12.5. The topological polar surface area (TPSA) is 59.4 Å². The van der Waals surface area contributed by atoms with Gasteiger partial charge in [0.1, 0.15) is 17.7 Å². The van der Waals surface area contributed by atoms with Gasteiger partial charge in [-0.3, -0.25) is 0 Å². The number of aromatic nitrogens is 4. The molecule has 66 heavy (non-hydrogen) atoms. The predicted molar refractivity (Wildman–Crippen MR) is 263 cm³/mol. The number of halogens is 2. The van der Waals surface area contributed by atoms with Crippen LogP contribution in [0.4, 0.5) is 8.78 Å². The summed E-state index contributed by atoms with van der Waals surface area (Å²) in [6, 6.07) is 70.8. The molecule has 7 heteroatoms. The first-order valence-electron chi connectivity index (χ1n) is 21.7. The van der Waals surface area contributed by atoms with Gasteiger partial charge in [0, 0.05) is 55.4 Å². The van der Waals surface area contributed by atoms with Gasteiger partial charge in [-0.2, -0.15) is 5.26 Å². The van der Waals surface area contributed by atoms with Crippen LogP contribution < -0.4 is 0 Å². The molecule has 0 aliphatic heterocycles. The number of rotatable bonds is 7. The SMILES string of the molecule is N#Cc1cc(-n2c3ccccc3c3ccc(-c4cccc(-c5ccccc5)n4)cc32)c(-c2cc(F)cc(F)c2)cc1-n1c2ccccc2c2ccc(-c3cccc(-c4ccccc4)n3)cc21. The van der Waals surface area contributed by atoms with Gasteiger partial charge in [-0.25, -0.2) is 18.7 Å². The van der Waals surface area contributed by atoms with Gasteiger partial charge >= 0.3 is 0 Å². The van der Waals surface area contributed by atoms with Crippen LogP contribution in [0.15, 0.2) is 212 Å². The van der Waals surface area contributed by atoms with Crippen molar-refractivity contribution in [3.63, 3.8) is 0 Å². The number of nitriles is 1. The number of fused-ring (bicyclic) bond motifs is 6. The van der Waals surface area contributed by atoms with E-state index in [2.05, 4.69) is 63.7 Å². The Morgan fingerprint density at radius 2 is 0.788 bits per heavy atom. The van der Waals surface area contributed by atoms with Crippen LogP contribution in [0.3, 0.4) is 0 Å². The van der Waals surface area contributed by atoms with Gasteiger partial charge in [0.05, 0.1) is 61.8 Å². The normalized spacial score (nSPS) is 11.5. The Kier molecular flexibility index (Phi) is 9.18. The highest BCUT2D eigenvalue weighted by atomic mass is 19.1. The number of pyridine rings is 2. The lowest BCUT2D eigenvalue weighted by Gasteiger charge is -2.19. The van der Waals surface area contributed by atoms with Crippen LogP contribution in [-0.4, -0.2) is 19.1 Å². The van der Waals surface area contributed by atoms with Crippen LogP contribution >= 0.6 is 0 Å². The van der Waals surface area contributed by atoms with E-state index in [1.807, 2.05) is 146 Å². The summed E-state index contributed by atoms with van der Waals surface area (Å²) < 4.78 is 35.1. The summed E-state index contributed by atoms with van der Waals surface area (Å²) >= 11 is 0. The predicted octanol–water partition coefficient (Wildman–Crippen LogP) is 15.2. The number of hydrogen-bond donors (Lipinski definition) is 0. The molecule has 0 aliphatic rings. The molecule has 310 valence electrons. The van der Waals surface area contributed by atoms with Crippen molar-refractivity contribution in [2.45, 2.75) is 0 Å². The second kappa shape index (κ2) is 15.7. The maximum Gasteiger partial charge on any atom is 0.126 e. The summed E-state index contributed by atoms with van der Waals surface area (Å²) in [5.74, 6) is -1.41. The lowest BCUT2D eigenvalue weighted by molar-refractivity contribution is 0.584. The lowest BCUT2D eigenvalue weighted by Crippen LogP contribution is -2.04. The summed E-state index contributed by atoms with van der Waals surface area (Å²) in [7, 11) is 0. The van der Waals surface area contributed by atoms with E-state index in [1.165, 1.54) is 12.1 Å². The van der Waals surface area contributed by atoms with E-state index < -0.39 is 11.6 Å². The van der Waals surface area contributed by atoms with Gasteiger partial charge in [-0.15, -0.1) is 0 Å². The van der Waals surface area contributed by atoms with Crippen LogP contribution in [0, 0.1) is 23.0 Å². The summed E-state index contributed by atoms with van der Waals surface area (Å²) in [5, 5.41) is 15.2. The van der Waals surface area contributed by atoms with E-state index >= 15 is 8.78 Å². The zero-order chi connectivity index (χ0) is 44.3. The van der Waals surface area contributed by atoms with Crippen LogP contribution in [0.1, 0.15) is 5.56 Å². The van der Waals surface area contributed by atoms with Crippen LogP contribution in [0.2, 0.25) is 0 Å². The van der Waals surface area contributed by atoms with Crippen molar-refractivity contribution in [2.75, 3.05) is 0 Å². The smallest absolute Gasteiger partial charge is 0.126 e. The monoisotopic (exact) mass is 851 g/mol. The summed E-state index contributed by atoms with van der Waals surface area (Å²) in [4.78, 5) is 10.2. The van der Waals surface area contributed by atoms with Gasteiger partial charge in [-0.05, 0) is 78.4 Å². The average molecular weight is 852 g/mol. The average Bonchev–Trinajstić information content (AvgIpc) is 3.88. The van der Waals surface area contributed by atoms with Crippen molar-refractivity contribution in [2.24, 2.45) is 0 Å². The zero-order valence-electron chi connectivity index (χ0n) is 35.2. The quantitative estimate of drug-likeness (QED) is 0.160. The van der Waals surface area contributed by atoms with Gasteiger partial charge in [0.25, 0.3) is 0 Å². The molecule has 0 spiro atoms. The standard InChI is InChI=1S/C59H35F2N5/c60-43-29-41(30-44(61)34-43)49-35-56(65-54-23-9-7-17-45(54)47-27-25-39(31-57(47)65)52-21-11-19-50(63-52)37-13-3-1-4-14-37)42(36-62)33-59(49)66-55-24-10-8-18-46(55)48-28-26-40(32-58(48)66)53-22-12-20-51(64-53)38-15-5-2-6-16-38/h1-35H. The van der Waals surface area contributed by atoms with Crippen LogP contribution in [-0.2, 0) is 0 Å². The second-order valence-electron chi connectivity index (χ2n) is 16.4. The molecular weight excluding hydrogens is 817 g/mol. The molecule has 8 aromatic carbocycles. The molecule has 12 aromatic rings. The molecule has 0 aliphatic carbocycles. The molecule has 12 rings (SSSR count). The van der Waals surface area contributed by atoms with Crippen molar-refractivity contribution >= 4 is 43.6 Å². The maximum atomic E-state index is 15.5.